The van der Waals surface area contributed by atoms with Gasteiger partial charge in [-0.1, -0.05) is 13.3 Å². The molecule has 14 heavy (non-hydrogen) atoms. The predicted octanol–water partition coefficient (Wildman–Crippen LogP) is 1.24. The number of carbonyl (C=O) groups is 1. The molecule has 1 aliphatic carbocycles. The minimum atomic E-state index is 0.163. The molecule has 0 saturated heterocycles. The van der Waals surface area contributed by atoms with Crippen LogP contribution in [0.25, 0.3) is 0 Å². The Morgan fingerprint density at radius 3 is 2.43 bits per heavy atom. The molecule has 1 rings (SSSR count). The molecule has 0 atom stereocenters. The summed E-state index contributed by atoms with van der Waals surface area (Å²) < 4.78 is 0. The molecule has 1 aliphatic rings. The van der Waals surface area contributed by atoms with E-state index in [2.05, 4.69) is 12.2 Å². The smallest absolute Gasteiger partial charge is 0.236 e. The Bertz CT molecular complexity index is 192. The van der Waals surface area contributed by atoms with E-state index in [1.54, 1.807) is 19.0 Å². The first-order chi connectivity index (χ1) is 6.59. The Morgan fingerprint density at radius 1 is 1.43 bits per heavy atom. The molecular formula is C11H22N2O. The Balaban J connectivity index is 2.17. The summed E-state index contributed by atoms with van der Waals surface area (Å²) in [6.07, 6.45) is 5.24. The van der Waals surface area contributed by atoms with E-state index in [9.17, 15) is 4.79 Å². The molecule has 1 saturated carbocycles. The first-order valence-electron chi connectivity index (χ1n) is 5.50. The number of likely N-dealkylation sites (N-methyl/N-ethyl adjacent to an activating group) is 1. The van der Waals surface area contributed by atoms with Crippen LogP contribution in [0.2, 0.25) is 0 Å². The number of carbonyl (C=O) groups excluding carboxylic acids is 1. The Labute approximate surface area is 86.9 Å². The van der Waals surface area contributed by atoms with Crippen LogP contribution in [0.5, 0.6) is 0 Å². The van der Waals surface area contributed by atoms with Crippen molar-refractivity contribution in [3.8, 4) is 0 Å². The number of amides is 1. The van der Waals surface area contributed by atoms with Gasteiger partial charge in [0.05, 0.1) is 6.54 Å². The van der Waals surface area contributed by atoms with Gasteiger partial charge in [0.15, 0.2) is 0 Å². The van der Waals surface area contributed by atoms with Crippen molar-refractivity contribution < 1.29 is 4.79 Å². The predicted molar refractivity (Wildman–Crippen MR) is 58.1 cm³/mol. The van der Waals surface area contributed by atoms with E-state index in [1.165, 1.54) is 25.7 Å². The van der Waals surface area contributed by atoms with E-state index in [0.717, 1.165) is 6.54 Å². The molecule has 82 valence electrons. The first kappa shape index (κ1) is 11.5. The number of rotatable bonds is 5. The SMILES string of the molecule is CCC1(CNCC(=O)N(C)C)CCC1. The Hall–Kier alpha value is -0.570. The fraction of sp³-hybridized carbons (Fsp3) is 0.909. The average molecular weight is 198 g/mol. The normalized spacial score (nSPS) is 18.8. The summed E-state index contributed by atoms with van der Waals surface area (Å²) in [5.41, 5.74) is 0.507. The van der Waals surface area contributed by atoms with Gasteiger partial charge in [-0.2, -0.15) is 0 Å². The number of nitrogens with one attached hydrogen (secondary N) is 1. The maximum atomic E-state index is 11.3. The van der Waals surface area contributed by atoms with Crippen molar-refractivity contribution in [3.63, 3.8) is 0 Å². The van der Waals surface area contributed by atoms with Crippen LogP contribution >= 0.6 is 0 Å². The maximum absolute atomic E-state index is 11.3. The number of hydrogen-bond acceptors (Lipinski definition) is 2. The van der Waals surface area contributed by atoms with Crippen LogP contribution in [0.4, 0.5) is 0 Å². The van der Waals surface area contributed by atoms with Gasteiger partial charge in [-0.3, -0.25) is 4.79 Å². The Kier molecular flexibility index (Phi) is 3.93. The van der Waals surface area contributed by atoms with Gasteiger partial charge in [-0.25, -0.2) is 0 Å². The van der Waals surface area contributed by atoms with Crippen molar-refractivity contribution in [1.82, 2.24) is 10.2 Å². The first-order valence-corrected chi connectivity index (χ1v) is 5.50. The van der Waals surface area contributed by atoms with E-state index in [-0.39, 0.29) is 5.91 Å². The maximum Gasteiger partial charge on any atom is 0.236 e. The second kappa shape index (κ2) is 4.78. The summed E-state index contributed by atoms with van der Waals surface area (Å²) in [5.74, 6) is 0.163. The van der Waals surface area contributed by atoms with Crippen LogP contribution in [0.15, 0.2) is 0 Å². The van der Waals surface area contributed by atoms with E-state index in [0.29, 0.717) is 12.0 Å². The molecule has 0 spiro atoms. The van der Waals surface area contributed by atoms with Crippen molar-refractivity contribution in [3.05, 3.63) is 0 Å². The minimum Gasteiger partial charge on any atom is -0.348 e. The van der Waals surface area contributed by atoms with Crippen LogP contribution in [0.1, 0.15) is 32.6 Å². The molecule has 0 heterocycles. The van der Waals surface area contributed by atoms with Gasteiger partial charge in [0.1, 0.15) is 0 Å². The minimum absolute atomic E-state index is 0.163. The molecule has 3 nitrogen and oxygen atoms in total. The summed E-state index contributed by atoms with van der Waals surface area (Å²) >= 11 is 0. The highest BCUT2D eigenvalue weighted by atomic mass is 16.2. The van der Waals surface area contributed by atoms with Gasteiger partial charge in [0.2, 0.25) is 5.91 Å². The zero-order chi connectivity index (χ0) is 10.6. The molecule has 0 aromatic heterocycles. The second-order valence-electron chi connectivity index (χ2n) is 4.60. The molecule has 1 amide bonds. The Morgan fingerprint density at radius 2 is 2.07 bits per heavy atom. The lowest BCUT2D eigenvalue weighted by Gasteiger charge is -2.41. The van der Waals surface area contributed by atoms with Crippen molar-refractivity contribution in [2.24, 2.45) is 5.41 Å². The topological polar surface area (TPSA) is 32.3 Å². The average Bonchev–Trinajstić information content (AvgIpc) is 2.09. The highest BCUT2D eigenvalue weighted by molar-refractivity contribution is 5.77. The van der Waals surface area contributed by atoms with Gasteiger partial charge in [-0.15, -0.1) is 0 Å². The summed E-state index contributed by atoms with van der Waals surface area (Å²) in [7, 11) is 3.59. The summed E-state index contributed by atoms with van der Waals surface area (Å²) in [5, 5.41) is 3.27. The fourth-order valence-corrected chi connectivity index (χ4v) is 1.92. The zero-order valence-corrected chi connectivity index (χ0v) is 9.60. The monoisotopic (exact) mass is 198 g/mol. The quantitative estimate of drug-likeness (QED) is 0.721. The van der Waals surface area contributed by atoms with Crippen LogP contribution < -0.4 is 5.32 Å². The molecule has 0 aliphatic heterocycles. The van der Waals surface area contributed by atoms with Crippen LogP contribution in [0.3, 0.4) is 0 Å². The molecular weight excluding hydrogens is 176 g/mol. The van der Waals surface area contributed by atoms with Crippen LogP contribution in [0, 0.1) is 5.41 Å². The van der Waals surface area contributed by atoms with Crippen molar-refractivity contribution in [2.75, 3.05) is 27.2 Å². The van der Waals surface area contributed by atoms with Gasteiger partial charge >= 0.3 is 0 Å². The fourth-order valence-electron chi connectivity index (χ4n) is 1.92. The molecule has 1 fully saturated rings. The van der Waals surface area contributed by atoms with Gasteiger partial charge in [-0.05, 0) is 24.7 Å². The molecule has 1 N–H and O–H groups in total. The molecule has 0 aromatic rings. The zero-order valence-electron chi connectivity index (χ0n) is 9.60. The molecule has 0 bridgehead atoms. The third kappa shape index (κ3) is 2.71. The lowest BCUT2D eigenvalue weighted by atomic mass is 9.67. The largest absolute Gasteiger partial charge is 0.348 e. The molecule has 0 aromatic carbocycles. The van der Waals surface area contributed by atoms with Crippen LogP contribution in [-0.2, 0) is 4.79 Å². The number of hydrogen-bond donors (Lipinski definition) is 1. The van der Waals surface area contributed by atoms with Crippen molar-refractivity contribution in [2.45, 2.75) is 32.6 Å². The van der Waals surface area contributed by atoms with Crippen molar-refractivity contribution >= 4 is 5.91 Å². The van der Waals surface area contributed by atoms with Crippen LogP contribution in [-0.4, -0.2) is 38.0 Å². The molecule has 3 heteroatoms. The van der Waals surface area contributed by atoms with Crippen molar-refractivity contribution in [1.29, 1.82) is 0 Å². The second-order valence-corrected chi connectivity index (χ2v) is 4.60. The van der Waals surface area contributed by atoms with Gasteiger partial charge in [0.25, 0.3) is 0 Å². The summed E-state index contributed by atoms with van der Waals surface area (Å²) in [4.78, 5) is 12.9. The van der Waals surface area contributed by atoms with E-state index in [4.69, 9.17) is 0 Å². The standard InChI is InChI=1S/C11H22N2O/c1-4-11(6-5-7-11)9-12-8-10(14)13(2)3/h12H,4-9H2,1-3H3. The van der Waals surface area contributed by atoms with E-state index in [1.807, 2.05) is 0 Å². The number of nitrogens with zero attached hydrogens (tertiary/aromatic N) is 1. The highest BCUT2D eigenvalue weighted by Crippen LogP contribution is 2.42. The lowest BCUT2D eigenvalue weighted by Crippen LogP contribution is -2.42. The van der Waals surface area contributed by atoms with Gasteiger partial charge < -0.3 is 10.2 Å². The molecule has 0 unspecified atom stereocenters. The molecule has 0 radical (unpaired) electrons. The lowest BCUT2D eigenvalue weighted by molar-refractivity contribution is -0.127. The third-order valence-corrected chi connectivity index (χ3v) is 3.44. The summed E-state index contributed by atoms with van der Waals surface area (Å²) in [6.45, 7) is 3.73. The van der Waals surface area contributed by atoms with Gasteiger partial charge in [0, 0.05) is 20.6 Å². The summed E-state index contributed by atoms with van der Waals surface area (Å²) in [6, 6.07) is 0. The third-order valence-electron chi connectivity index (χ3n) is 3.44. The van der Waals surface area contributed by atoms with E-state index >= 15 is 0 Å². The van der Waals surface area contributed by atoms with E-state index < -0.39 is 0 Å². The highest BCUT2D eigenvalue weighted by Gasteiger charge is 2.34.